The van der Waals surface area contributed by atoms with E-state index in [1.54, 1.807) is 11.8 Å². The van der Waals surface area contributed by atoms with E-state index in [4.69, 9.17) is 0 Å². The number of nitrogens with zero attached hydrogens (tertiary/aromatic N) is 1. The molecule has 1 N–H and O–H groups in total. The normalized spacial score (nSPS) is 10.8. The van der Waals surface area contributed by atoms with Gasteiger partial charge in [-0.05, 0) is 34.7 Å². The van der Waals surface area contributed by atoms with E-state index < -0.39 is 0 Å². The van der Waals surface area contributed by atoms with Gasteiger partial charge in [0.25, 0.3) is 0 Å². The van der Waals surface area contributed by atoms with Gasteiger partial charge in [0.2, 0.25) is 5.91 Å². The van der Waals surface area contributed by atoms with Crippen LogP contribution in [0.4, 0.5) is 5.69 Å². The summed E-state index contributed by atoms with van der Waals surface area (Å²) in [6.07, 6.45) is 2.59. The molecule has 3 nitrogen and oxygen atoms in total. The van der Waals surface area contributed by atoms with Crippen LogP contribution in [0.25, 0.3) is 6.08 Å². The van der Waals surface area contributed by atoms with Crippen molar-refractivity contribution >= 4 is 29.4 Å². The molecule has 0 heterocycles. The van der Waals surface area contributed by atoms with Crippen molar-refractivity contribution in [2.45, 2.75) is 13.0 Å². The number of anilines is 1. The number of benzene rings is 2. The molecule has 126 valence electrons. The van der Waals surface area contributed by atoms with Gasteiger partial charge in [-0.3, -0.25) is 4.79 Å². The monoisotopic (exact) mass is 340 g/mol. The lowest BCUT2D eigenvalue weighted by atomic mass is 10.2. The minimum atomic E-state index is 0.0901. The number of hydrogen-bond donors (Lipinski definition) is 1. The molecule has 4 heteroatoms. The van der Waals surface area contributed by atoms with E-state index >= 15 is 0 Å². The van der Waals surface area contributed by atoms with Gasteiger partial charge in [0.1, 0.15) is 0 Å². The second-order valence-electron chi connectivity index (χ2n) is 5.67. The lowest BCUT2D eigenvalue weighted by Crippen LogP contribution is -2.23. The first-order chi connectivity index (χ1) is 11.6. The highest BCUT2D eigenvalue weighted by Crippen LogP contribution is 2.12. The smallest absolute Gasteiger partial charge is 0.221 e. The largest absolute Gasteiger partial charge is 0.378 e. The molecule has 0 aliphatic rings. The summed E-state index contributed by atoms with van der Waals surface area (Å²) in [6.45, 7) is 0.580. The zero-order valence-corrected chi connectivity index (χ0v) is 15.1. The number of amides is 1. The molecule has 0 saturated heterocycles. The van der Waals surface area contributed by atoms with Gasteiger partial charge in [0, 0.05) is 38.5 Å². The van der Waals surface area contributed by atoms with Crippen LogP contribution in [0.15, 0.2) is 60.0 Å². The van der Waals surface area contributed by atoms with Gasteiger partial charge in [0.05, 0.1) is 0 Å². The van der Waals surface area contributed by atoms with E-state index in [-0.39, 0.29) is 5.91 Å². The zero-order valence-electron chi connectivity index (χ0n) is 14.2. The van der Waals surface area contributed by atoms with Gasteiger partial charge in [-0.25, -0.2) is 0 Å². The van der Waals surface area contributed by atoms with Crippen LogP contribution in [0.5, 0.6) is 0 Å². The van der Waals surface area contributed by atoms with Crippen molar-refractivity contribution in [2.24, 2.45) is 0 Å². The third-order valence-corrected chi connectivity index (χ3v) is 4.31. The first-order valence-corrected chi connectivity index (χ1v) is 9.06. The van der Waals surface area contributed by atoms with Crippen LogP contribution >= 0.6 is 11.8 Å². The SMILES string of the molecule is CN(C)c1ccc(CNC(=O)CCSC=Cc2ccccc2)cc1. The van der Waals surface area contributed by atoms with Crippen LogP contribution < -0.4 is 10.2 Å². The van der Waals surface area contributed by atoms with E-state index in [2.05, 4.69) is 40.6 Å². The lowest BCUT2D eigenvalue weighted by molar-refractivity contribution is -0.120. The van der Waals surface area contributed by atoms with E-state index in [1.165, 1.54) is 5.56 Å². The summed E-state index contributed by atoms with van der Waals surface area (Å²) >= 11 is 1.66. The van der Waals surface area contributed by atoms with Crippen LogP contribution in [0.3, 0.4) is 0 Å². The Bertz CT molecular complexity index is 651. The van der Waals surface area contributed by atoms with Crippen molar-refractivity contribution in [3.8, 4) is 0 Å². The summed E-state index contributed by atoms with van der Waals surface area (Å²) in [6, 6.07) is 18.4. The highest BCUT2D eigenvalue weighted by Gasteiger charge is 2.01. The van der Waals surface area contributed by atoms with Gasteiger partial charge in [-0.1, -0.05) is 42.5 Å². The van der Waals surface area contributed by atoms with E-state index in [0.717, 1.165) is 17.0 Å². The fraction of sp³-hybridized carbons (Fsp3) is 0.250. The Hall–Kier alpha value is -2.20. The lowest BCUT2D eigenvalue weighted by Gasteiger charge is -2.12. The molecule has 2 rings (SSSR count). The minimum Gasteiger partial charge on any atom is -0.378 e. The second-order valence-corrected chi connectivity index (χ2v) is 6.69. The average molecular weight is 340 g/mol. The Labute approximate surface area is 148 Å². The highest BCUT2D eigenvalue weighted by atomic mass is 32.2. The molecule has 0 aliphatic heterocycles. The maximum Gasteiger partial charge on any atom is 0.221 e. The summed E-state index contributed by atoms with van der Waals surface area (Å²) in [5.41, 5.74) is 3.45. The van der Waals surface area contributed by atoms with Crippen LogP contribution in [0.1, 0.15) is 17.5 Å². The molecule has 0 unspecified atom stereocenters. The van der Waals surface area contributed by atoms with Crippen LogP contribution in [-0.2, 0) is 11.3 Å². The molecule has 0 aromatic heterocycles. The quantitative estimate of drug-likeness (QED) is 0.732. The number of rotatable bonds is 8. The molecular weight excluding hydrogens is 316 g/mol. The number of nitrogens with one attached hydrogen (secondary N) is 1. The fourth-order valence-corrected chi connectivity index (χ4v) is 2.80. The van der Waals surface area contributed by atoms with Gasteiger partial charge in [-0.2, -0.15) is 0 Å². The van der Waals surface area contributed by atoms with Crippen LogP contribution in [-0.4, -0.2) is 25.8 Å². The van der Waals surface area contributed by atoms with Crippen molar-refractivity contribution < 1.29 is 4.79 Å². The summed E-state index contributed by atoms with van der Waals surface area (Å²) in [7, 11) is 4.03. The molecule has 0 saturated carbocycles. The Kier molecular flexibility index (Phi) is 7.43. The molecule has 0 atom stereocenters. The van der Waals surface area contributed by atoms with Gasteiger partial charge in [0.15, 0.2) is 0 Å². The van der Waals surface area contributed by atoms with Crippen molar-refractivity contribution in [3.63, 3.8) is 0 Å². The number of thioether (sulfide) groups is 1. The summed E-state index contributed by atoms with van der Waals surface area (Å²) in [5, 5.41) is 5.01. The predicted octanol–water partition coefficient (Wildman–Crippen LogP) is 4.16. The van der Waals surface area contributed by atoms with E-state index in [9.17, 15) is 4.79 Å². The van der Waals surface area contributed by atoms with Crippen molar-refractivity contribution in [3.05, 3.63) is 71.1 Å². The predicted molar refractivity (Wildman–Crippen MR) is 105 cm³/mol. The van der Waals surface area contributed by atoms with Crippen LogP contribution in [0.2, 0.25) is 0 Å². The maximum absolute atomic E-state index is 11.9. The summed E-state index contributed by atoms with van der Waals surface area (Å²) in [4.78, 5) is 13.9. The van der Waals surface area contributed by atoms with Crippen LogP contribution in [0, 0.1) is 0 Å². The third kappa shape index (κ3) is 6.50. The van der Waals surface area contributed by atoms with Gasteiger partial charge < -0.3 is 10.2 Å². The Balaban J connectivity index is 1.64. The zero-order chi connectivity index (χ0) is 17.2. The highest BCUT2D eigenvalue weighted by molar-refractivity contribution is 8.02. The minimum absolute atomic E-state index is 0.0901. The molecular formula is C20H24N2OS. The Morgan fingerprint density at radius 1 is 1.08 bits per heavy atom. The third-order valence-electron chi connectivity index (χ3n) is 3.55. The molecule has 24 heavy (non-hydrogen) atoms. The Morgan fingerprint density at radius 2 is 1.79 bits per heavy atom. The molecule has 1 amide bonds. The first-order valence-electron chi connectivity index (χ1n) is 8.01. The topological polar surface area (TPSA) is 32.3 Å². The molecule has 2 aromatic rings. The standard InChI is InChI=1S/C20H24N2OS/c1-22(2)19-10-8-18(9-11-19)16-21-20(23)13-15-24-14-12-17-6-4-3-5-7-17/h3-12,14H,13,15-16H2,1-2H3,(H,21,23). The van der Waals surface area contributed by atoms with Crippen molar-refractivity contribution in [1.82, 2.24) is 5.32 Å². The molecule has 0 spiro atoms. The van der Waals surface area contributed by atoms with Gasteiger partial charge in [-0.15, -0.1) is 11.8 Å². The maximum atomic E-state index is 11.9. The van der Waals surface area contributed by atoms with Crippen molar-refractivity contribution in [2.75, 3.05) is 24.7 Å². The Morgan fingerprint density at radius 3 is 2.46 bits per heavy atom. The number of carbonyl (C=O) groups excluding carboxylic acids is 1. The summed E-state index contributed by atoms with van der Waals surface area (Å²) in [5.74, 6) is 0.877. The first kappa shape index (κ1) is 18.1. The molecule has 0 fully saturated rings. The van der Waals surface area contributed by atoms with Crippen molar-refractivity contribution in [1.29, 1.82) is 0 Å². The molecule has 0 aliphatic carbocycles. The number of hydrogen-bond acceptors (Lipinski definition) is 3. The number of carbonyl (C=O) groups is 1. The molecule has 2 aromatic carbocycles. The second kappa shape index (κ2) is 9.83. The van der Waals surface area contributed by atoms with Gasteiger partial charge >= 0.3 is 0 Å². The fourth-order valence-electron chi connectivity index (χ4n) is 2.11. The van der Waals surface area contributed by atoms with E-state index in [0.29, 0.717) is 13.0 Å². The van der Waals surface area contributed by atoms with E-state index in [1.807, 2.05) is 49.8 Å². The molecule has 0 radical (unpaired) electrons. The summed E-state index contributed by atoms with van der Waals surface area (Å²) < 4.78 is 0. The molecule has 0 bridgehead atoms. The average Bonchev–Trinajstić information content (AvgIpc) is 2.61.